The van der Waals surface area contributed by atoms with Gasteiger partial charge in [-0.25, -0.2) is 4.39 Å². The van der Waals surface area contributed by atoms with E-state index in [9.17, 15) is 17.6 Å². The van der Waals surface area contributed by atoms with Crippen molar-refractivity contribution in [2.75, 3.05) is 20.1 Å². The van der Waals surface area contributed by atoms with E-state index >= 15 is 0 Å². The van der Waals surface area contributed by atoms with Crippen LogP contribution in [-0.2, 0) is 12.7 Å². The summed E-state index contributed by atoms with van der Waals surface area (Å²) in [6.45, 7) is 1.72. The molecule has 2 rings (SSSR count). The third-order valence-electron chi connectivity index (χ3n) is 3.18. The zero-order valence-electron chi connectivity index (χ0n) is 10.3. The fourth-order valence-corrected chi connectivity index (χ4v) is 1.93. The van der Waals surface area contributed by atoms with Gasteiger partial charge in [-0.3, -0.25) is 4.90 Å². The lowest BCUT2D eigenvalue weighted by molar-refractivity contribution is -0.138. The van der Waals surface area contributed by atoms with Crippen LogP contribution in [0.25, 0.3) is 0 Å². The van der Waals surface area contributed by atoms with Gasteiger partial charge in [0, 0.05) is 25.7 Å². The summed E-state index contributed by atoms with van der Waals surface area (Å²) >= 11 is 0. The highest BCUT2D eigenvalue weighted by molar-refractivity contribution is 5.85. The third kappa shape index (κ3) is 3.81. The first kappa shape index (κ1) is 16.2. The summed E-state index contributed by atoms with van der Waals surface area (Å²) in [7, 11) is 1.77. The topological polar surface area (TPSA) is 15.3 Å². The van der Waals surface area contributed by atoms with Crippen molar-refractivity contribution >= 4 is 12.4 Å². The van der Waals surface area contributed by atoms with Gasteiger partial charge in [-0.2, -0.15) is 13.2 Å². The number of halogens is 5. The standard InChI is InChI=1S/C12H14F4N2.ClH/c1-18(10-5-17-6-10)7-8-2-3-9(13)4-11(8)12(14,15)16;/h2-4,10,17H,5-7H2,1H3;1H. The summed E-state index contributed by atoms with van der Waals surface area (Å²) in [5, 5.41) is 3.06. The Morgan fingerprint density at radius 1 is 1.32 bits per heavy atom. The summed E-state index contributed by atoms with van der Waals surface area (Å²) in [5.41, 5.74) is -0.778. The van der Waals surface area contributed by atoms with E-state index in [4.69, 9.17) is 0 Å². The van der Waals surface area contributed by atoms with Gasteiger partial charge in [-0.1, -0.05) is 6.07 Å². The second-order valence-corrected chi connectivity index (χ2v) is 4.53. The molecule has 1 aromatic carbocycles. The van der Waals surface area contributed by atoms with Crippen molar-refractivity contribution in [1.82, 2.24) is 10.2 Å². The van der Waals surface area contributed by atoms with Crippen LogP contribution in [0.2, 0.25) is 0 Å². The Morgan fingerprint density at radius 3 is 2.42 bits per heavy atom. The minimum Gasteiger partial charge on any atom is -0.314 e. The smallest absolute Gasteiger partial charge is 0.314 e. The Morgan fingerprint density at radius 2 is 1.95 bits per heavy atom. The molecule has 0 amide bonds. The van der Waals surface area contributed by atoms with Gasteiger partial charge >= 0.3 is 6.18 Å². The second kappa shape index (κ2) is 6.07. The van der Waals surface area contributed by atoms with Gasteiger partial charge in [0.2, 0.25) is 0 Å². The number of nitrogens with one attached hydrogen (secondary N) is 1. The molecule has 1 saturated heterocycles. The van der Waals surface area contributed by atoms with Crippen molar-refractivity contribution in [1.29, 1.82) is 0 Å². The first-order chi connectivity index (χ1) is 8.38. The lowest BCUT2D eigenvalue weighted by Gasteiger charge is -2.36. The fourth-order valence-electron chi connectivity index (χ4n) is 1.93. The molecule has 0 unspecified atom stereocenters. The minimum absolute atomic E-state index is 0. The number of hydrogen-bond acceptors (Lipinski definition) is 2. The first-order valence-corrected chi connectivity index (χ1v) is 5.64. The van der Waals surface area contributed by atoms with E-state index in [0.717, 1.165) is 19.2 Å². The van der Waals surface area contributed by atoms with Crippen LogP contribution < -0.4 is 5.32 Å². The fraction of sp³-hybridized carbons (Fsp3) is 0.500. The molecule has 0 aliphatic carbocycles. The van der Waals surface area contributed by atoms with E-state index in [1.807, 2.05) is 4.90 Å². The minimum atomic E-state index is -4.52. The van der Waals surface area contributed by atoms with Gasteiger partial charge in [0.15, 0.2) is 0 Å². The Kier molecular flexibility index (Phi) is 5.18. The molecule has 0 bridgehead atoms. The van der Waals surface area contributed by atoms with Gasteiger partial charge in [-0.15, -0.1) is 12.4 Å². The molecule has 0 radical (unpaired) electrons. The van der Waals surface area contributed by atoms with Crippen molar-refractivity contribution in [3.8, 4) is 0 Å². The van der Waals surface area contributed by atoms with E-state index in [0.29, 0.717) is 6.07 Å². The molecule has 2 nitrogen and oxygen atoms in total. The highest BCUT2D eigenvalue weighted by Gasteiger charge is 2.34. The lowest BCUT2D eigenvalue weighted by Crippen LogP contribution is -2.55. The summed E-state index contributed by atoms with van der Waals surface area (Å²) in [6, 6.07) is 3.08. The predicted octanol–water partition coefficient (Wildman–Crippen LogP) is 2.67. The number of hydrogen-bond donors (Lipinski definition) is 1. The van der Waals surface area contributed by atoms with Crippen LogP contribution in [0.3, 0.4) is 0 Å². The molecular formula is C12H15ClF4N2. The maximum Gasteiger partial charge on any atom is 0.416 e. The SMILES string of the molecule is CN(Cc1ccc(F)cc1C(F)(F)F)C1CNC1.Cl. The summed E-state index contributed by atoms with van der Waals surface area (Å²) in [5.74, 6) is -0.862. The van der Waals surface area contributed by atoms with Crippen molar-refractivity contribution in [2.24, 2.45) is 0 Å². The molecule has 0 aromatic heterocycles. The van der Waals surface area contributed by atoms with Crippen LogP contribution >= 0.6 is 12.4 Å². The quantitative estimate of drug-likeness (QED) is 0.863. The van der Waals surface area contributed by atoms with E-state index in [1.54, 1.807) is 7.05 Å². The number of benzene rings is 1. The molecule has 7 heteroatoms. The molecule has 1 heterocycles. The zero-order chi connectivity index (χ0) is 13.3. The maximum absolute atomic E-state index is 12.9. The highest BCUT2D eigenvalue weighted by atomic mass is 35.5. The molecule has 1 aliphatic rings. The average molecular weight is 299 g/mol. The molecule has 1 aromatic rings. The molecule has 1 aliphatic heterocycles. The molecule has 1 N–H and O–H groups in total. The lowest BCUT2D eigenvalue weighted by atomic mass is 10.0. The van der Waals surface area contributed by atoms with Crippen LogP contribution in [-0.4, -0.2) is 31.1 Å². The van der Waals surface area contributed by atoms with Gasteiger partial charge < -0.3 is 5.32 Å². The largest absolute Gasteiger partial charge is 0.416 e. The van der Waals surface area contributed by atoms with Crippen molar-refractivity contribution < 1.29 is 17.6 Å². The zero-order valence-corrected chi connectivity index (χ0v) is 11.1. The average Bonchev–Trinajstić information content (AvgIpc) is 2.16. The molecule has 0 atom stereocenters. The Balaban J connectivity index is 0.00000180. The summed E-state index contributed by atoms with van der Waals surface area (Å²) in [4.78, 5) is 1.85. The number of likely N-dealkylation sites (N-methyl/N-ethyl adjacent to an activating group) is 1. The summed E-state index contributed by atoms with van der Waals surface area (Å²) < 4.78 is 51.3. The number of nitrogens with zero attached hydrogens (tertiary/aromatic N) is 1. The highest BCUT2D eigenvalue weighted by Crippen LogP contribution is 2.33. The predicted molar refractivity (Wildman–Crippen MR) is 66.8 cm³/mol. The number of rotatable bonds is 3. The summed E-state index contributed by atoms with van der Waals surface area (Å²) in [6.07, 6.45) is -4.52. The molecule has 0 saturated carbocycles. The van der Waals surface area contributed by atoms with E-state index < -0.39 is 17.6 Å². The van der Waals surface area contributed by atoms with Crippen molar-refractivity contribution in [3.05, 3.63) is 35.1 Å². The molecule has 1 fully saturated rings. The van der Waals surface area contributed by atoms with Gasteiger partial charge in [0.05, 0.1) is 5.56 Å². The van der Waals surface area contributed by atoms with Crippen LogP contribution in [0, 0.1) is 5.82 Å². The Hall–Kier alpha value is -0.850. The van der Waals surface area contributed by atoms with Crippen molar-refractivity contribution in [2.45, 2.75) is 18.8 Å². The van der Waals surface area contributed by atoms with Crippen LogP contribution in [0.5, 0.6) is 0 Å². The maximum atomic E-state index is 12.9. The third-order valence-corrected chi connectivity index (χ3v) is 3.18. The van der Waals surface area contributed by atoms with Crippen molar-refractivity contribution in [3.63, 3.8) is 0 Å². The second-order valence-electron chi connectivity index (χ2n) is 4.53. The van der Waals surface area contributed by atoms with E-state index in [-0.39, 0.29) is 30.6 Å². The van der Waals surface area contributed by atoms with Crippen LogP contribution in [0.1, 0.15) is 11.1 Å². The van der Waals surface area contributed by atoms with E-state index in [2.05, 4.69) is 5.32 Å². The van der Waals surface area contributed by atoms with Gasteiger partial charge in [0.1, 0.15) is 5.82 Å². The normalized spacial score (nSPS) is 16.1. The molecular weight excluding hydrogens is 284 g/mol. The monoisotopic (exact) mass is 298 g/mol. The number of alkyl halides is 3. The molecule has 0 spiro atoms. The van der Waals surface area contributed by atoms with E-state index in [1.165, 1.54) is 6.07 Å². The molecule has 19 heavy (non-hydrogen) atoms. The Bertz CT molecular complexity index is 432. The Labute approximate surface area is 115 Å². The first-order valence-electron chi connectivity index (χ1n) is 5.64. The van der Waals surface area contributed by atoms with Gasteiger partial charge in [0.25, 0.3) is 0 Å². The molecule has 108 valence electrons. The van der Waals surface area contributed by atoms with Gasteiger partial charge in [-0.05, 0) is 24.7 Å². The van der Waals surface area contributed by atoms with Crippen LogP contribution in [0.15, 0.2) is 18.2 Å². The van der Waals surface area contributed by atoms with Crippen LogP contribution in [0.4, 0.5) is 17.6 Å².